The molecule has 0 unspecified atom stereocenters. The van der Waals surface area contributed by atoms with E-state index in [1.54, 1.807) is 23.9 Å². The molecule has 0 radical (unpaired) electrons. The van der Waals surface area contributed by atoms with Crippen LogP contribution in [0.15, 0.2) is 90.1 Å². The molecule has 0 amide bonds. The maximum atomic E-state index is 11.6. The summed E-state index contributed by atoms with van der Waals surface area (Å²) in [6.45, 7) is 0. The first-order valence-corrected chi connectivity index (χ1v) is 10.2. The van der Waals surface area contributed by atoms with Crippen molar-refractivity contribution < 1.29 is 9.53 Å². The molecule has 0 aliphatic rings. The number of nitrogens with zero attached hydrogens (tertiary/aromatic N) is 1. The highest BCUT2D eigenvalue weighted by Crippen LogP contribution is 2.33. The lowest BCUT2D eigenvalue weighted by Gasteiger charge is -2.02. The number of aromatic nitrogens is 2. The molecule has 0 aliphatic heterocycles. The Bertz CT molecular complexity index is 1030. The summed E-state index contributed by atoms with van der Waals surface area (Å²) in [6, 6.07) is 27.9. The zero-order valence-corrected chi connectivity index (χ0v) is 16.8. The number of hydrogen-bond acceptors (Lipinski definition) is 4. The second-order valence-electron chi connectivity index (χ2n) is 6.47. The molecule has 0 aliphatic carbocycles. The molecule has 4 nitrogen and oxygen atoms in total. The third kappa shape index (κ3) is 4.41. The van der Waals surface area contributed by atoms with Gasteiger partial charge < -0.3 is 9.72 Å². The summed E-state index contributed by atoms with van der Waals surface area (Å²) in [6.07, 6.45) is 0. The normalized spacial score (nSPS) is 10.7. The predicted molar refractivity (Wildman–Crippen MR) is 117 cm³/mol. The lowest BCUT2D eigenvalue weighted by molar-refractivity contribution is 0.0600. The van der Waals surface area contributed by atoms with Crippen LogP contribution in [0.1, 0.15) is 15.9 Å². The highest BCUT2D eigenvalue weighted by molar-refractivity contribution is 7.98. The summed E-state index contributed by atoms with van der Waals surface area (Å²) in [5, 5.41) is 0.861. The van der Waals surface area contributed by atoms with Crippen molar-refractivity contribution in [3.05, 3.63) is 96.1 Å². The quantitative estimate of drug-likeness (QED) is 0.327. The van der Waals surface area contributed by atoms with Crippen LogP contribution in [0, 0.1) is 0 Å². The van der Waals surface area contributed by atoms with E-state index in [0.717, 1.165) is 39.0 Å². The number of carbonyl (C=O) groups is 1. The van der Waals surface area contributed by atoms with Gasteiger partial charge in [-0.1, -0.05) is 84.6 Å². The van der Waals surface area contributed by atoms with E-state index in [-0.39, 0.29) is 5.97 Å². The van der Waals surface area contributed by atoms with Gasteiger partial charge in [0.05, 0.1) is 24.1 Å². The predicted octanol–water partition coefficient (Wildman–Crippen LogP) is 5.82. The van der Waals surface area contributed by atoms with Gasteiger partial charge >= 0.3 is 5.97 Å². The van der Waals surface area contributed by atoms with E-state index in [1.165, 1.54) is 7.11 Å². The van der Waals surface area contributed by atoms with Crippen LogP contribution in [0.2, 0.25) is 0 Å². The largest absolute Gasteiger partial charge is 0.465 e. The average Bonchev–Trinajstić information content (AvgIpc) is 3.23. The second-order valence-corrected chi connectivity index (χ2v) is 7.44. The van der Waals surface area contributed by atoms with Crippen LogP contribution in [-0.4, -0.2) is 23.0 Å². The Morgan fingerprint density at radius 2 is 1.52 bits per heavy atom. The fourth-order valence-electron chi connectivity index (χ4n) is 3.05. The summed E-state index contributed by atoms with van der Waals surface area (Å²) < 4.78 is 4.75. The second kappa shape index (κ2) is 8.80. The Kier molecular flexibility index (Phi) is 5.77. The maximum absolute atomic E-state index is 11.6. The van der Waals surface area contributed by atoms with Gasteiger partial charge in [-0.15, -0.1) is 0 Å². The molecule has 4 rings (SSSR count). The van der Waals surface area contributed by atoms with E-state index in [9.17, 15) is 4.79 Å². The van der Waals surface area contributed by atoms with Gasteiger partial charge in [0.1, 0.15) is 0 Å². The Morgan fingerprint density at radius 3 is 2.14 bits per heavy atom. The number of aromatic amines is 1. The topological polar surface area (TPSA) is 55.0 Å². The molecule has 0 fully saturated rings. The zero-order chi connectivity index (χ0) is 20.1. The molecule has 0 bridgehead atoms. The standard InChI is InChI=1S/C24H20N2O2S/c1-28-23(27)20-14-12-17(13-15-20)16-29-24-25-21(18-8-4-2-5-9-18)22(26-24)19-10-6-3-7-11-19/h2-15H,16H2,1H3,(H,25,26). The maximum Gasteiger partial charge on any atom is 0.337 e. The van der Waals surface area contributed by atoms with Gasteiger partial charge in [-0.25, -0.2) is 9.78 Å². The summed E-state index contributed by atoms with van der Waals surface area (Å²) in [5.41, 5.74) is 5.81. The third-order valence-electron chi connectivity index (χ3n) is 4.54. The number of hydrogen-bond donors (Lipinski definition) is 1. The number of rotatable bonds is 6. The van der Waals surface area contributed by atoms with Crippen molar-refractivity contribution in [2.45, 2.75) is 10.9 Å². The Hall–Kier alpha value is -3.31. The molecule has 0 atom stereocenters. The van der Waals surface area contributed by atoms with Crippen LogP contribution < -0.4 is 0 Å². The first kappa shape index (κ1) is 19.0. The molecule has 144 valence electrons. The lowest BCUT2D eigenvalue weighted by atomic mass is 10.1. The zero-order valence-electron chi connectivity index (χ0n) is 16.0. The van der Waals surface area contributed by atoms with Crippen molar-refractivity contribution in [2.75, 3.05) is 7.11 Å². The minimum absolute atomic E-state index is 0.324. The van der Waals surface area contributed by atoms with Crippen LogP contribution in [0.5, 0.6) is 0 Å². The van der Waals surface area contributed by atoms with E-state index < -0.39 is 0 Å². The van der Waals surface area contributed by atoms with Crippen molar-refractivity contribution in [3.63, 3.8) is 0 Å². The SMILES string of the molecule is COC(=O)c1ccc(CSc2nc(-c3ccccc3)c(-c3ccccc3)[nH]2)cc1. The number of thioether (sulfide) groups is 1. The smallest absolute Gasteiger partial charge is 0.337 e. The van der Waals surface area contributed by atoms with E-state index in [0.29, 0.717) is 5.56 Å². The molecule has 5 heteroatoms. The van der Waals surface area contributed by atoms with Gasteiger partial charge in [0, 0.05) is 16.9 Å². The van der Waals surface area contributed by atoms with Crippen molar-refractivity contribution in [1.29, 1.82) is 0 Å². The van der Waals surface area contributed by atoms with E-state index >= 15 is 0 Å². The number of benzene rings is 3. The van der Waals surface area contributed by atoms with Crippen LogP contribution in [0.4, 0.5) is 0 Å². The number of nitrogens with one attached hydrogen (secondary N) is 1. The summed E-state index contributed by atoms with van der Waals surface area (Å²) >= 11 is 1.64. The number of esters is 1. The summed E-state index contributed by atoms with van der Waals surface area (Å²) in [7, 11) is 1.39. The van der Waals surface area contributed by atoms with Crippen LogP contribution >= 0.6 is 11.8 Å². The van der Waals surface area contributed by atoms with Crippen LogP contribution in [-0.2, 0) is 10.5 Å². The number of ether oxygens (including phenoxy) is 1. The van der Waals surface area contributed by atoms with Gasteiger partial charge in [0.25, 0.3) is 0 Å². The first-order valence-electron chi connectivity index (χ1n) is 9.25. The highest BCUT2D eigenvalue weighted by Gasteiger charge is 2.14. The number of H-pyrrole nitrogens is 1. The number of imidazole rings is 1. The fourth-order valence-corrected chi connectivity index (χ4v) is 3.87. The summed E-state index contributed by atoms with van der Waals surface area (Å²) in [5.74, 6) is 0.424. The average molecular weight is 401 g/mol. The van der Waals surface area contributed by atoms with Gasteiger partial charge in [0.15, 0.2) is 5.16 Å². The van der Waals surface area contributed by atoms with Crippen molar-refractivity contribution >= 4 is 17.7 Å². The molecule has 3 aromatic carbocycles. The number of carbonyl (C=O) groups excluding carboxylic acids is 1. The van der Waals surface area contributed by atoms with Crippen LogP contribution in [0.25, 0.3) is 22.5 Å². The highest BCUT2D eigenvalue weighted by atomic mass is 32.2. The molecule has 29 heavy (non-hydrogen) atoms. The van der Waals surface area contributed by atoms with E-state index in [4.69, 9.17) is 9.72 Å². The molecule has 0 spiro atoms. The Balaban J connectivity index is 1.58. The molecule has 4 aromatic rings. The molecule has 1 N–H and O–H groups in total. The van der Waals surface area contributed by atoms with Crippen molar-refractivity contribution in [3.8, 4) is 22.5 Å². The van der Waals surface area contributed by atoms with E-state index in [1.807, 2.05) is 48.5 Å². The van der Waals surface area contributed by atoms with Gasteiger partial charge in [-0.2, -0.15) is 0 Å². The Labute approximate surface area is 174 Å². The number of methoxy groups -OCH3 is 1. The van der Waals surface area contributed by atoms with E-state index in [2.05, 4.69) is 29.2 Å². The minimum Gasteiger partial charge on any atom is -0.465 e. The van der Waals surface area contributed by atoms with Gasteiger partial charge in [-0.05, 0) is 17.7 Å². The van der Waals surface area contributed by atoms with Crippen LogP contribution in [0.3, 0.4) is 0 Å². The minimum atomic E-state index is -0.324. The molecule has 0 saturated carbocycles. The first-order chi connectivity index (χ1) is 14.2. The molecular formula is C24H20N2O2S. The third-order valence-corrected chi connectivity index (χ3v) is 5.49. The fraction of sp³-hybridized carbons (Fsp3) is 0.0833. The molecular weight excluding hydrogens is 380 g/mol. The van der Waals surface area contributed by atoms with Gasteiger partial charge in [0.2, 0.25) is 0 Å². The van der Waals surface area contributed by atoms with Crippen molar-refractivity contribution in [2.24, 2.45) is 0 Å². The lowest BCUT2D eigenvalue weighted by Crippen LogP contribution is -2.00. The van der Waals surface area contributed by atoms with Crippen molar-refractivity contribution in [1.82, 2.24) is 9.97 Å². The molecule has 0 saturated heterocycles. The summed E-state index contributed by atoms with van der Waals surface area (Å²) in [4.78, 5) is 19.9. The molecule has 1 heterocycles. The van der Waals surface area contributed by atoms with Gasteiger partial charge in [-0.3, -0.25) is 0 Å². The molecule has 1 aromatic heterocycles. The monoisotopic (exact) mass is 400 g/mol. The Morgan fingerprint density at radius 1 is 0.897 bits per heavy atom.